The Morgan fingerprint density at radius 3 is 2.36 bits per heavy atom. The third-order valence-corrected chi connectivity index (χ3v) is 4.83. The maximum absolute atomic E-state index is 12.3. The molecule has 2 heterocycles. The van der Waals surface area contributed by atoms with Crippen LogP contribution in [-0.2, 0) is 0 Å². The van der Waals surface area contributed by atoms with Crippen molar-refractivity contribution in [3.63, 3.8) is 0 Å². The van der Waals surface area contributed by atoms with Crippen LogP contribution in [-0.4, -0.2) is 29.0 Å². The number of carbonyl (C=O) groups is 1. The van der Waals surface area contributed by atoms with Crippen LogP contribution in [0.1, 0.15) is 23.2 Å². The summed E-state index contributed by atoms with van der Waals surface area (Å²) in [6, 6.07) is 15.2. The molecule has 28 heavy (non-hydrogen) atoms. The molecule has 1 amide bonds. The molecular weight excluding hydrogens is 374 g/mol. The van der Waals surface area contributed by atoms with Crippen molar-refractivity contribution in [2.75, 3.05) is 28.6 Å². The Morgan fingerprint density at radius 1 is 0.964 bits per heavy atom. The first-order valence-corrected chi connectivity index (χ1v) is 9.56. The fraction of sp³-hybridized carbons (Fsp3) is 0.190. The van der Waals surface area contributed by atoms with Gasteiger partial charge in [0.25, 0.3) is 5.91 Å². The summed E-state index contributed by atoms with van der Waals surface area (Å²) < 4.78 is 0. The number of halogens is 1. The van der Waals surface area contributed by atoms with Gasteiger partial charge in [0.05, 0.1) is 5.56 Å². The summed E-state index contributed by atoms with van der Waals surface area (Å²) in [7, 11) is 0. The Kier molecular flexibility index (Phi) is 5.39. The molecule has 2 N–H and O–H groups in total. The molecule has 0 unspecified atom stereocenters. The average Bonchev–Trinajstić information content (AvgIpc) is 3.24. The van der Waals surface area contributed by atoms with Crippen molar-refractivity contribution in [2.24, 2.45) is 0 Å². The van der Waals surface area contributed by atoms with E-state index in [1.165, 1.54) is 30.9 Å². The number of amides is 1. The number of aromatic nitrogens is 2. The SMILES string of the molecule is O=C(Nc1cccc(Cl)c1)c1cnc(Nc2ccc(N3CCCC3)cc2)nc1. The molecular formula is C21H20ClN5O. The number of hydrogen-bond acceptors (Lipinski definition) is 5. The molecule has 0 atom stereocenters. The Balaban J connectivity index is 1.38. The van der Waals surface area contributed by atoms with Crippen LogP contribution in [0.3, 0.4) is 0 Å². The monoisotopic (exact) mass is 393 g/mol. The van der Waals surface area contributed by atoms with Crippen LogP contribution in [0, 0.1) is 0 Å². The number of anilines is 4. The summed E-state index contributed by atoms with van der Waals surface area (Å²) in [6.07, 6.45) is 5.50. The molecule has 6 nitrogen and oxygen atoms in total. The van der Waals surface area contributed by atoms with Gasteiger partial charge in [-0.1, -0.05) is 17.7 Å². The fourth-order valence-corrected chi connectivity index (χ4v) is 3.33. The van der Waals surface area contributed by atoms with Gasteiger partial charge in [-0.05, 0) is 55.3 Å². The Hall–Kier alpha value is -3.12. The van der Waals surface area contributed by atoms with Gasteiger partial charge in [-0.25, -0.2) is 9.97 Å². The lowest BCUT2D eigenvalue weighted by Crippen LogP contribution is -2.17. The largest absolute Gasteiger partial charge is 0.372 e. The fourth-order valence-electron chi connectivity index (χ4n) is 3.14. The van der Waals surface area contributed by atoms with E-state index in [9.17, 15) is 4.79 Å². The molecule has 0 aliphatic carbocycles. The van der Waals surface area contributed by atoms with E-state index in [0.29, 0.717) is 22.2 Å². The number of benzene rings is 2. The summed E-state index contributed by atoms with van der Waals surface area (Å²) >= 11 is 5.93. The first-order valence-electron chi connectivity index (χ1n) is 9.18. The van der Waals surface area contributed by atoms with Gasteiger partial charge in [-0.3, -0.25) is 4.79 Å². The minimum atomic E-state index is -0.288. The first-order chi connectivity index (χ1) is 13.7. The highest BCUT2D eigenvalue weighted by atomic mass is 35.5. The molecule has 1 saturated heterocycles. The lowest BCUT2D eigenvalue weighted by molar-refractivity contribution is 0.102. The number of nitrogens with one attached hydrogen (secondary N) is 2. The zero-order chi connectivity index (χ0) is 19.3. The van der Waals surface area contributed by atoms with Gasteiger partial charge in [0, 0.05) is 47.6 Å². The predicted octanol–water partition coefficient (Wildman–Crippen LogP) is 4.73. The number of nitrogens with zero attached hydrogens (tertiary/aromatic N) is 3. The molecule has 7 heteroatoms. The second kappa shape index (κ2) is 8.27. The molecule has 4 rings (SSSR count). The van der Waals surface area contributed by atoms with E-state index in [-0.39, 0.29) is 5.91 Å². The Morgan fingerprint density at radius 2 is 1.68 bits per heavy atom. The van der Waals surface area contributed by atoms with E-state index in [1.54, 1.807) is 24.3 Å². The summed E-state index contributed by atoms with van der Waals surface area (Å²) in [5, 5.41) is 6.49. The molecule has 1 aliphatic heterocycles. The van der Waals surface area contributed by atoms with E-state index < -0.39 is 0 Å². The van der Waals surface area contributed by atoms with Crippen molar-refractivity contribution in [3.8, 4) is 0 Å². The molecule has 142 valence electrons. The highest BCUT2D eigenvalue weighted by Gasteiger charge is 2.12. The van der Waals surface area contributed by atoms with Crippen LogP contribution in [0.15, 0.2) is 60.9 Å². The molecule has 0 saturated carbocycles. The number of rotatable bonds is 5. The third-order valence-electron chi connectivity index (χ3n) is 4.59. The quantitative estimate of drug-likeness (QED) is 0.656. The first kappa shape index (κ1) is 18.3. The second-order valence-electron chi connectivity index (χ2n) is 6.63. The summed E-state index contributed by atoms with van der Waals surface area (Å²) in [5.41, 5.74) is 3.13. The van der Waals surface area contributed by atoms with Gasteiger partial charge in [0.2, 0.25) is 5.95 Å². The van der Waals surface area contributed by atoms with Gasteiger partial charge in [0.15, 0.2) is 0 Å². The minimum Gasteiger partial charge on any atom is -0.372 e. The summed E-state index contributed by atoms with van der Waals surface area (Å²) in [6.45, 7) is 2.24. The highest BCUT2D eigenvalue weighted by Crippen LogP contribution is 2.23. The van der Waals surface area contributed by atoms with E-state index in [0.717, 1.165) is 18.8 Å². The van der Waals surface area contributed by atoms with Crippen molar-refractivity contribution in [2.45, 2.75) is 12.8 Å². The highest BCUT2D eigenvalue weighted by molar-refractivity contribution is 6.30. The number of carbonyl (C=O) groups excluding carboxylic acids is 1. The van der Waals surface area contributed by atoms with Crippen molar-refractivity contribution in [3.05, 3.63) is 71.5 Å². The predicted molar refractivity (Wildman–Crippen MR) is 113 cm³/mol. The maximum atomic E-state index is 12.3. The van der Waals surface area contributed by atoms with E-state index in [1.807, 2.05) is 12.1 Å². The lowest BCUT2D eigenvalue weighted by Gasteiger charge is -2.17. The maximum Gasteiger partial charge on any atom is 0.258 e. The normalized spacial score (nSPS) is 13.4. The molecule has 0 spiro atoms. The third kappa shape index (κ3) is 4.40. The van der Waals surface area contributed by atoms with Gasteiger partial charge < -0.3 is 15.5 Å². The molecule has 0 radical (unpaired) electrons. The van der Waals surface area contributed by atoms with Gasteiger partial charge in [-0.15, -0.1) is 0 Å². The topological polar surface area (TPSA) is 70.2 Å². The minimum absolute atomic E-state index is 0.288. The summed E-state index contributed by atoms with van der Waals surface area (Å²) in [4.78, 5) is 23.2. The zero-order valence-corrected chi connectivity index (χ0v) is 16.0. The van der Waals surface area contributed by atoms with Crippen molar-refractivity contribution >= 4 is 40.5 Å². The van der Waals surface area contributed by atoms with Gasteiger partial charge in [0.1, 0.15) is 0 Å². The molecule has 1 aromatic heterocycles. The van der Waals surface area contributed by atoms with Crippen LogP contribution in [0.4, 0.5) is 23.0 Å². The van der Waals surface area contributed by atoms with Crippen molar-refractivity contribution in [1.29, 1.82) is 0 Å². The molecule has 2 aromatic carbocycles. The van der Waals surface area contributed by atoms with Crippen LogP contribution < -0.4 is 15.5 Å². The van der Waals surface area contributed by atoms with Gasteiger partial charge in [-0.2, -0.15) is 0 Å². The molecule has 1 fully saturated rings. The van der Waals surface area contributed by atoms with E-state index in [2.05, 4.69) is 37.6 Å². The van der Waals surface area contributed by atoms with Crippen LogP contribution in [0.25, 0.3) is 0 Å². The van der Waals surface area contributed by atoms with Crippen molar-refractivity contribution in [1.82, 2.24) is 9.97 Å². The van der Waals surface area contributed by atoms with E-state index >= 15 is 0 Å². The summed E-state index contributed by atoms with van der Waals surface area (Å²) in [5.74, 6) is 0.150. The standard InChI is InChI=1S/C21H20ClN5O/c22-16-4-3-5-18(12-16)25-20(28)15-13-23-21(24-14-15)26-17-6-8-19(9-7-17)27-10-1-2-11-27/h3-9,12-14H,1-2,10-11H2,(H,25,28)(H,23,24,26). The molecule has 1 aliphatic rings. The Labute approximate surface area is 168 Å². The van der Waals surface area contributed by atoms with Crippen LogP contribution in [0.5, 0.6) is 0 Å². The number of hydrogen-bond donors (Lipinski definition) is 2. The second-order valence-corrected chi connectivity index (χ2v) is 7.06. The zero-order valence-electron chi connectivity index (χ0n) is 15.2. The molecule has 3 aromatic rings. The van der Waals surface area contributed by atoms with Crippen LogP contribution >= 0.6 is 11.6 Å². The Bertz CT molecular complexity index is 953. The lowest BCUT2D eigenvalue weighted by atomic mass is 10.2. The van der Waals surface area contributed by atoms with Crippen LogP contribution in [0.2, 0.25) is 5.02 Å². The van der Waals surface area contributed by atoms with Gasteiger partial charge >= 0.3 is 0 Å². The average molecular weight is 394 g/mol. The van der Waals surface area contributed by atoms with Crippen molar-refractivity contribution < 1.29 is 4.79 Å². The smallest absolute Gasteiger partial charge is 0.258 e. The van der Waals surface area contributed by atoms with E-state index in [4.69, 9.17) is 11.6 Å². The molecule has 0 bridgehead atoms.